The van der Waals surface area contributed by atoms with Gasteiger partial charge in [0.1, 0.15) is 0 Å². The summed E-state index contributed by atoms with van der Waals surface area (Å²) in [5.74, 6) is -0.808. The molecule has 0 fully saturated rings. The van der Waals surface area contributed by atoms with Crippen molar-refractivity contribution in [2.45, 2.75) is 32.7 Å². The highest BCUT2D eigenvalue weighted by molar-refractivity contribution is 6.30. The van der Waals surface area contributed by atoms with Gasteiger partial charge in [0, 0.05) is 22.8 Å². The predicted octanol–water partition coefficient (Wildman–Crippen LogP) is 6.43. The van der Waals surface area contributed by atoms with Gasteiger partial charge in [0.05, 0.1) is 23.9 Å². The molecule has 0 bridgehead atoms. The second-order valence-corrected chi connectivity index (χ2v) is 9.26. The van der Waals surface area contributed by atoms with Crippen LogP contribution in [0, 0.1) is 0 Å². The number of nitrogens with one attached hydrogen (secondary N) is 2. The number of carbonyl (C=O) groups is 3. The van der Waals surface area contributed by atoms with Crippen LogP contribution in [0.25, 0.3) is 5.70 Å². The van der Waals surface area contributed by atoms with E-state index in [9.17, 15) is 14.4 Å². The molecule has 0 spiro atoms. The molecule has 0 radical (unpaired) electrons. The van der Waals surface area contributed by atoms with Crippen LogP contribution < -0.4 is 10.6 Å². The van der Waals surface area contributed by atoms with Crippen molar-refractivity contribution in [1.82, 2.24) is 10.2 Å². The van der Waals surface area contributed by atoms with Gasteiger partial charge in [-0.1, -0.05) is 67.4 Å². The van der Waals surface area contributed by atoms with Crippen LogP contribution in [-0.2, 0) is 9.53 Å². The van der Waals surface area contributed by atoms with E-state index in [0.717, 1.165) is 18.4 Å². The molecule has 1 aliphatic heterocycles. The fourth-order valence-electron chi connectivity index (χ4n) is 4.37. The largest absolute Gasteiger partial charge is 0.463 e. The van der Waals surface area contributed by atoms with Crippen LogP contribution in [0.5, 0.6) is 0 Å². The van der Waals surface area contributed by atoms with E-state index in [1.165, 1.54) is 0 Å². The number of amides is 3. The number of halogens is 1. The number of unbranched alkanes of at least 4 members (excludes halogenated alkanes) is 1. The molecule has 8 heteroatoms. The Morgan fingerprint density at radius 3 is 2.42 bits per heavy atom. The van der Waals surface area contributed by atoms with Crippen LogP contribution in [0.15, 0.2) is 84.4 Å². The summed E-state index contributed by atoms with van der Waals surface area (Å²) in [6.45, 7) is 4.45. The van der Waals surface area contributed by atoms with Crippen molar-refractivity contribution in [3.8, 4) is 0 Å². The van der Waals surface area contributed by atoms with Crippen molar-refractivity contribution in [3.63, 3.8) is 0 Å². The normalized spacial score (nSPS) is 15.2. The molecule has 7 nitrogen and oxygen atoms in total. The van der Waals surface area contributed by atoms with E-state index in [2.05, 4.69) is 10.6 Å². The fraction of sp³-hybridized carbons (Fsp3) is 0.233. The molecule has 3 aromatic rings. The molecule has 4 rings (SSSR count). The maximum absolute atomic E-state index is 13.4. The molecule has 3 aromatic carbocycles. The zero-order valence-corrected chi connectivity index (χ0v) is 22.1. The maximum atomic E-state index is 13.4. The lowest BCUT2D eigenvalue weighted by Gasteiger charge is -2.37. The Morgan fingerprint density at radius 1 is 1.00 bits per heavy atom. The van der Waals surface area contributed by atoms with Crippen molar-refractivity contribution >= 4 is 40.9 Å². The second-order valence-electron chi connectivity index (χ2n) is 8.82. The predicted molar refractivity (Wildman–Crippen MR) is 149 cm³/mol. The van der Waals surface area contributed by atoms with Crippen LogP contribution in [0.1, 0.15) is 54.2 Å². The average Bonchev–Trinajstić information content (AvgIpc) is 2.93. The number of hydrogen-bond acceptors (Lipinski definition) is 4. The standard InChI is InChI=1S/C30H30ClN3O4/c1-3-5-18-34-27(20-10-7-6-8-11-20)25(29(36)38-4-2)26(33-30(34)37)22-12-9-13-24(19-22)32-28(35)21-14-16-23(31)17-15-21/h6-17,19,26H,3-5,18H2,1-2H3,(H,32,35)(H,33,37)/t26-/m0/s1. The Hall–Kier alpha value is -4.10. The van der Waals surface area contributed by atoms with Crippen LogP contribution in [0.3, 0.4) is 0 Å². The lowest BCUT2D eigenvalue weighted by Crippen LogP contribution is -2.48. The highest BCUT2D eigenvalue weighted by Crippen LogP contribution is 2.37. The zero-order chi connectivity index (χ0) is 27.1. The summed E-state index contributed by atoms with van der Waals surface area (Å²) in [5, 5.41) is 6.42. The Morgan fingerprint density at radius 2 is 1.74 bits per heavy atom. The van der Waals surface area contributed by atoms with Gasteiger partial charge in [-0.15, -0.1) is 0 Å². The highest BCUT2D eigenvalue weighted by Gasteiger charge is 2.38. The van der Waals surface area contributed by atoms with Gasteiger partial charge in [-0.2, -0.15) is 0 Å². The molecular weight excluding hydrogens is 502 g/mol. The smallest absolute Gasteiger partial charge is 0.338 e. The first-order valence-electron chi connectivity index (χ1n) is 12.6. The number of hydrogen-bond donors (Lipinski definition) is 2. The van der Waals surface area contributed by atoms with Crippen LogP contribution in [0.2, 0.25) is 5.02 Å². The van der Waals surface area contributed by atoms with E-state index in [0.29, 0.717) is 39.7 Å². The third kappa shape index (κ3) is 6.06. The number of ether oxygens (including phenoxy) is 1. The van der Waals surface area contributed by atoms with E-state index in [1.807, 2.05) is 43.3 Å². The molecule has 2 N–H and O–H groups in total. The molecule has 1 atom stereocenters. The third-order valence-corrected chi connectivity index (χ3v) is 6.44. The van der Waals surface area contributed by atoms with Gasteiger partial charge < -0.3 is 15.4 Å². The summed E-state index contributed by atoms with van der Waals surface area (Å²) in [7, 11) is 0. The summed E-state index contributed by atoms with van der Waals surface area (Å²) in [6.07, 6.45) is 1.66. The number of benzene rings is 3. The highest BCUT2D eigenvalue weighted by atomic mass is 35.5. The number of esters is 1. The lowest BCUT2D eigenvalue weighted by molar-refractivity contribution is -0.138. The van der Waals surface area contributed by atoms with Gasteiger partial charge in [-0.25, -0.2) is 9.59 Å². The summed E-state index contributed by atoms with van der Waals surface area (Å²) >= 11 is 5.94. The summed E-state index contributed by atoms with van der Waals surface area (Å²) in [5.41, 5.74) is 3.24. The summed E-state index contributed by atoms with van der Waals surface area (Å²) in [6, 6.07) is 22.0. The quantitative estimate of drug-likeness (QED) is 0.311. The van der Waals surface area contributed by atoms with E-state index in [4.69, 9.17) is 16.3 Å². The first-order chi connectivity index (χ1) is 18.4. The number of urea groups is 1. The second kappa shape index (κ2) is 12.4. The Labute approximate surface area is 227 Å². The molecule has 0 unspecified atom stereocenters. The van der Waals surface area contributed by atoms with Gasteiger partial charge in [0.2, 0.25) is 0 Å². The minimum absolute atomic E-state index is 0.192. The summed E-state index contributed by atoms with van der Waals surface area (Å²) in [4.78, 5) is 41.3. The van der Waals surface area contributed by atoms with E-state index in [-0.39, 0.29) is 18.5 Å². The van der Waals surface area contributed by atoms with Crippen molar-refractivity contribution in [1.29, 1.82) is 0 Å². The first-order valence-corrected chi connectivity index (χ1v) is 13.0. The Bertz CT molecular complexity index is 1340. The Balaban J connectivity index is 1.78. The van der Waals surface area contributed by atoms with Crippen LogP contribution >= 0.6 is 11.6 Å². The molecule has 0 saturated heterocycles. The molecule has 0 saturated carbocycles. The van der Waals surface area contributed by atoms with Gasteiger partial charge in [-0.3, -0.25) is 9.69 Å². The fourth-order valence-corrected chi connectivity index (χ4v) is 4.49. The van der Waals surface area contributed by atoms with Crippen molar-refractivity contribution in [2.75, 3.05) is 18.5 Å². The monoisotopic (exact) mass is 531 g/mol. The minimum Gasteiger partial charge on any atom is -0.463 e. The SMILES string of the molecule is CCCCN1C(=O)N[C@@H](c2cccc(NC(=O)c3ccc(Cl)cc3)c2)C(C(=O)OCC)=C1c1ccccc1. The number of rotatable bonds is 9. The van der Waals surface area contributed by atoms with Crippen molar-refractivity contribution in [3.05, 3.63) is 106 Å². The number of carbonyl (C=O) groups excluding carboxylic acids is 3. The van der Waals surface area contributed by atoms with E-state index < -0.39 is 12.0 Å². The molecule has 196 valence electrons. The van der Waals surface area contributed by atoms with Crippen molar-refractivity contribution in [2.24, 2.45) is 0 Å². The van der Waals surface area contributed by atoms with Crippen LogP contribution in [0.4, 0.5) is 10.5 Å². The van der Waals surface area contributed by atoms with E-state index >= 15 is 0 Å². The van der Waals surface area contributed by atoms with Crippen LogP contribution in [-0.4, -0.2) is 36.0 Å². The molecule has 3 amide bonds. The molecule has 1 aliphatic rings. The Kier molecular flexibility index (Phi) is 8.81. The van der Waals surface area contributed by atoms with Gasteiger partial charge >= 0.3 is 12.0 Å². The van der Waals surface area contributed by atoms with Gasteiger partial charge in [0.25, 0.3) is 5.91 Å². The summed E-state index contributed by atoms with van der Waals surface area (Å²) < 4.78 is 5.48. The minimum atomic E-state index is -0.776. The lowest BCUT2D eigenvalue weighted by atomic mass is 9.91. The molecule has 0 aliphatic carbocycles. The van der Waals surface area contributed by atoms with Gasteiger partial charge in [-0.05, 0) is 60.9 Å². The average molecular weight is 532 g/mol. The molecule has 38 heavy (non-hydrogen) atoms. The third-order valence-electron chi connectivity index (χ3n) is 6.19. The maximum Gasteiger partial charge on any atom is 0.338 e. The van der Waals surface area contributed by atoms with E-state index in [1.54, 1.807) is 54.3 Å². The topological polar surface area (TPSA) is 87.7 Å². The van der Waals surface area contributed by atoms with Gasteiger partial charge in [0.15, 0.2) is 0 Å². The molecular formula is C30H30ClN3O4. The number of nitrogens with zero attached hydrogens (tertiary/aromatic N) is 1. The van der Waals surface area contributed by atoms with Crippen molar-refractivity contribution < 1.29 is 19.1 Å². The molecule has 1 heterocycles. The first kappa shape index (κ1) is 26.9. The molecule has 0 aromatic heterocycles. The zero-order valence-electron chi connectivity index (χ0n) is 21.4. The number of anilines is 1.